The van der Waals surface area contributed by atoms with Crippen molar-refractivity contribution in [2.75, 3.05) is 10.6 Å². The molecule has 1 amide bonds. The Labute approximate surface area is 207 Å². The van der Waals surface area contributed by atoms with Crippen molar-refractivity contribution >= 4 is 21.6 Å². The maximum Gasteiger partial charge on any atom is 0.251 e. The molecule has 0 saturated heterocycles. The highest BCUT2D eigenvalue weighted by Crippen LogP contribution is 2.27. The Kier molecular flexibility index (Phi) is 7.55. The van der Waals surface area contributed by atoms with Crippen molar-refractivity contribution in [1.82, 2.24) is 5.32 Å². The smallest absolute Gasteiger partial charge is 0.251 e. The molecule has 1 aliphatic rings. The normalized spacial score (nSPS) is 14.1. The molecule has 0 radical (unpaired) electrons. The van der Waals surface area contributed by atoms with Crippen molar-refractivity contribution in [3.63, 3.8) is 0 Å². The predicted molar refractivity (Wildman–Crippen MR) is 137 cm³/mol. The lowest BCUT2D eigenvalue weighted by molar-refractivity contribution is 0.0935. The number of benzene rings is 3. The first-order valence-corrected chi connectivity index (χ1v) is 13.8. The maximum absolute atomic E-state index is 14.3. The van der Waals surface area contributed by atoms with Gasteiger partial charge in [-0.25, -0.2) is 12.8 Å². The zero-order valence-corrected chi connectivity index (χ0v) is 20.9. The maximum atomic E-state index is 14.3. The van der Waals surface area contributed by atoms with Crippen molar-refractivity contribution in [3.05, 3.63) is 100 Å². The zero-order valence-electron chi connectivity index (χ0n) is 20.1. The van der Waals surface area contributed by atoms with Crippen LogP contribution >= 0.6 is 0 Å². The molecule has 0 aliphatic heterocycles. The van der Waals surface area contributed by atoms with E-state index >= 15 is 0 Å². The largest absolute Gasteiger partial charge is 0.345 e. The molecular formula is C28H31FN2O3S. The number of fused-ring (bicyclic) bond motifs is 1. The van der Waals surface area contributed by atoms with E-state index in [-0.39, 0.29) is 24.2 Å². The van der Waals surface area contributed by atoms with Crippen LogP contribution in [0.5, 0.6) is 0 Å². The van der Waals surface area contributed by atoms with Gasteiger partial charge in [-0.2, -0.15) is 0 Å². The van der Waals surface area contributed by atoms with Crippen molar-refractivity contribution < 1.29 is 17.6 Å². The molecule has 0 aromatic heterocycles. The van der Waals surface area contributed by atoms with E-state index in [9.17, 15) is 17.6 Å². The number of amides is 1. The molecular weight excluding hydrogens is 463 g/mol. The fourth-order valence-corrected chi connectivity index (χ4v) is 5.48. The van der Waals surface area contributed by atoms with Gasteiger partial charge in [-0.3, -0.25) is 9.10 Å². The van der Waals surface area contributed by atoms with E-state index in [1.165, 1.54) is 42.2 Å². The van der Waals surface area contributed by atoms with Crippen LogP contribution in [0.4, 0.5) is 10.1 Å². The summed E-state index contributed by atoms with van der Waals surface area (Å²) in [5, 5.41) is 3.13. The molecule has 0 bridgehead atoms. The Bertz CT molecular complexity index is 1310. The lowest BCUT2D eigenvalue weighted by atomic mass is 9.88. The molecule has 0 saturated carbocycles. The summed E-state index contributed by atoms with van der Waals surface area (Å²) in [6.45, 7) is 2.02. The summed E-state index contributed by atoms with van der Waals surface area (Å²) < 4.78 is 40.0. The number of sulfonamides is 1. The van der Waals surface area contributed by atoms with Crippen LogP contribution < -0.4 is 9.62 Å². The minimum Gasteiger partial charge on any atom is -0.345 e. The summed E-state index contributed by atoms with van der Waals surface area (Å²) in [4.78, 5) is 13.0. The highest BCUT2D eigenvalue weighted by atomic mass is 32.2. The summed E-state index contributed by atoms with van der Waals surface area (Å²) in [5.74, 6) is -0.795. The fourth-order valence-electron chi connectivity index (χ4n) is 4.60. The number of nitrogens with zero attached hydrogens (tertiary/aromatic N) is 1. The molecule has 7 heteroatoms. The van der Waals surface area contributed by atoms with Crippen molar-refractivity contribution in [3.8, 4) is 0 Å². The number of hydrogen-bond donors (Lipinski definition) is 1. The number of aryl methyl sites for hydroxylation is 2. The Morgan fingerprint density at radius 3 is 2.34 bits per heavy atom. The molecule has 3 aromatic rings. The van der Waals surface area contributed by atoms with Crippen LogP contribution in [0.1, 0.15) is 64.8 Å². The van der Waals surface area contributed by atoms with E-state index in [0.717, 1.165) is 35.4 Å². The van der Waals surface area contributed by atoms with Crippen LogP contribution in [0, 0.1) is 5.82 Å². The van der Waals surface area contributed by atoms with Gasteiger partial charge in [0, 0.05) is 5.56 Å². The Hall–Kier alpha value is -3.19. The van der Waals surface area contributed by atoms with Gasteiger partial charge in [0.1, 0.15) is 5.82 Å². The lowest BCUT2D eigenvalue weighted by Gasteiger charge is -2.23. The first kappa shape index (κ1) is 24.9. The van der Waals surface area contributed by atoms with Crippen molar-refractivity contribution in [2.45, 2.75) is 51.6 Å². The number of anilines is 1. The van der Waals surface area contributed by atoms with Gasteiger partial charge in [-0.05, 0) is 78.6 Å². The van der Waals surface area contributed by atoms with Gasteiger partial charge in [0.2, 0.25) is 10.0 Å². The fraction of sp³-hybridized carbons (Fsp3) is 0.321. The van der Waals surface area contributed by atoms with Crippen molar-refractivity contribution in [2.24, 2.45) is 0 Å². The summed E-state index contributed by atoms with van der Waals surface area (Å²) in [6, 6.07) is 19.0. The first-order valence-electron chi connectivity index (χ1n) is 12.0. The number of carbonyl (C=O) groups excluding carboxylic acids is 1. The molecule has 5 nitrogen and oxygen atoms in total. The SMILES string of the molecule is CC[C@H](NC(=O)c1ccc(CN(c2ccccc2F)S(C)(=O)=O)cc1)c1ccc2c(c1)CCCC2. The highest BCUT2D eigenvalue weighted by Gasteiger charge is 2.21. The number of carbonyl (C=O) groups is 1. The van der Waals surface area contributed by atoms with E-state index in [4.69, 9.17) is 0 Å². The molecule has 0 fully saturated rings. The van der Waals surface area contributed by atoms with E-state index in [2.05, 4.69) is 30.4 Å². The molecule has 1 aliphatic carbocycles. The average Bonchev–Trinajstić information content (AvgIpc) is 2.85. The van der Waals surface area contributed by atoms with Gasteiger partial charge < -0.3 is 5.32 Å². The van der Waals surface area contributed by atoms with Crippen LogP contribution in [0.3, 0.4) is 0 Å². The zero-order chi connectivity index (χ0) is 25.0. The van der Waals surface area contributed by atoms with Crippen LogP contribution in [-0.2, 0) is 29.4 Å². The molecule has 1 atom stereocenters. The minimum absolute atomic E-state index is 0.00680. The van der Waals surface area contributed by atoms with Crippen LogP contribution in [0.25, 0.3) is 0 Å². The second-order valence-electron chi connectivity index (χ2n) is 9.09. The van der Waals surface area contributed by atoms with E-state index in [0.29, 0.717) is 11.1 Å². The molecule has 3 aromatic carbocycles. The minimum atomic E-state index is -3.71. The third-order valence-electron chi connectivity index (χ3n) is 6.55. The third-order valence-corrected chi connectivity index (χ3v) is 7.68. The summed E-state index contributed by atoms with van der Waals surface area (Å²) >= 11 is 0. The van der Waals surface area contributed by atoms with Gasteiger partial charge in [-0.1, -0.05) is 49.4 Å². The lowest BCUT2D eigenvalue weighted by Crippen LogP contribution is -2.30. The predicted octanol–water partition coefficient (Wildman–Crippen LogP) is 5.55. The average molecular weight is 495 g/mol. The quantitative estimate of drug-likeness (QED) is 0.446. The number of hydrogen-bond acceptors (Lipinski definition) is 3. The monoisotopic (exact) mass is 494 g/mol. The van der Waals surface area contributed by atoms with Gasteiger partial charge >= 0.3 is 0 Å². The standard InChI is InChI=1S/C28H31FN2O3S/c1-3-26(24-17-16-21-8-4-5-9-23(21)18-24)30-28(32)22-14-12-20(13-15-22)19-31(35(2,33)34)27-11-7-6-10-25(27)29/h6-7,10-18,26H,3-5,8-9,19H2,1-2H3,(H,30,32)/t26-/m0/s1. The number of nitrogens with one attached hydrogen (secondary N) is 1. The summed E-state index contributed by atoms with van der Waals surface area (Å²) in [5.41, 5.74) is 5.05. The van der Waals surface area contributed by atoms with E-state index in [1.54, 1.807) is 30.3 Å². The Morgan fingerprint density at radius 2 is 1.69 bits per heavy atom. The Morgan fingerprint density at radius 1 is 1.00 bits per heavy atom. The first-order chi connectivity index (χ1) is 16.8. The molecule has 0 unspecified atom stereocenters. The molecule has 4 rings (SSSR count). The van der Waals surface area contributed by atoms with Crippen LogP contribution in [0.15, 0.2) is 66.7 Å². The molecule has 35 heavy (non-hydrogen) atoms. The van der Waals surface area contributed by atoms with Gasteiger partial charge in [0.05, 0.1) is 24.5 Å². The molecule has 1 N–H and O–H groups in total. The highest BCUT2D eigenvalue weighted by molar-refractivity contribution is 7.92. The van der Waals surface area contributed by atoms with Crippen LogP contribution in [0.2, 0.25) is 0 Å². The number of para-hydroxylation sites is 1. The van der Waals surface area contributed by atoms with Crippen molar-refractivity contribution in [1.29, 1.82) is 0 Å². The molecule has 184 valence electrons. The number of rotatable bonds is 8. The topological polar surface area (TPSA) is 66.5 Å². The second-order valence-corrected chi connectivity index (χ2v) is 11.0. The second kappa shape index (κ2) is 10.6. The summed E-state index contributed by atoms with van der Waals surface area (Å²) in [7, 11) is -3.71. The van der Waals surface area contributed by atoms with Gasteiger partial charge in [-0.15, -0.1) is 0 Å². The van der Waals surface area contributed by atoms with E-state index in [1.807, 2.05) is 0 Å². The summed E-state index contributed by atoms with van der Waals surface area (Å²) in [6.07, 6.45) is 6.48. The molecule has 0 heterocycles. The number of halogens is 1. The van der Waals surface area contributed by atoms with Gasteiger partial charge in [0.25, 0.3) is 5.91 Å². The van der Waals surface area contributed by atoms with Gasteiger partial charge in [0.15, 0.2) is 0 Å². The molecule has 0 spiro atoms. The third kappa shape index (κ3) is 5.90. The Balaban J connectivity index is 1.48. The van der Waals surface area contributed by atoms with Crippen LogP contribution in [-0.4, -0.2) is 20.6 Å². The van der Waals surface area contributed by atoms with E-state index < -0.39 is 15.8 Å².